The Kier molecular flexibility index (Phi) is 1.09. The first-order chi connectivity index (χ1) is 4.86. The molecule has 0 radical (unpaired) electrons. The third-order valence-corrected chi connectivity index (χ3v) is 1.65. The molecule has 10 heavy (non-hydrogen) atoms. The molecule has 0 saturated heterocycles. The zero-order valence-corrected chi connectivity index (χ0v) is 5.83. The van der Waals surface area contributed by atoms with Gasteiger partial charge in [0.25, 0.3) is 0 Å². The first-order valence-electron chi connectivity index (χ1n) is 3.42. The van der Waals surface area contributed by atoms with Gasteiger partial charge in [0.2, 0.25) is 0 Å². The van der Waals surface area contributed by atoms with Crippen molar-refractivity contribution in [2.24, 2.45) is 10.9 Å². The van der Waals surface area contributed by atoms with Gasteiger partial charge in [-0.1, -0.05) is 13.0 Å². The van der Waals surface area contributed by atoms with Gasteiger partial charge in [0.1, 0.15) is 5.36 Å². The zero-order valence-electron chi connectivity index (χ0n) is 5.83. The Morgan fingerprint density at radius 3 is 3.50 bits per heavy atom. The number of H-pyrrole nitrogens is 1. The van der Waals surface area contributed by atoms with Crippen molar-refractivity contribution in [2.45, 2.75) is 6.92 Å². The molecule has 0 bridgehead atoms. The van der Waals surface area contributed by atoms with Crippen LogP contribution in [0.3, 0.4) is 0 Å². The fraction of sp³-hybridized carbons (Fsp3) is 0.429. The molecule has 0 amide bonds. The minimum absolute atomic E-state index is 0.549. The summed E-state index contributed by atoms with van der Waals surface area (Å²) >= 11 is 0. The molecule has 3 heteroatoms. The molecule has 1 atom stereocenters. The van der Waals surface area contributed by atoms with Gasteiger partial charge < -0.3 is 0 Å². The topological polar surface area (TPSA) is 41.0 Å². The molecular formula is C7H9N3. The smallest absolute Gasteiger partial charge is 0.102 e. The quantitative estimate of drug-likeness (QED) is 0.510. The van der Waals surface area contributed by atoms with Crippen molar-refractivity contribution < 1.29 is 0 Å². The van der Waals surface area contributed by atoms with Crippen LogP contribution in [0.4, 0.5) is 0 Å². The highest BCUT2D eigenvalue weighted by atomic mass is 15.1. The van der Waals surface area contributed by atoms with Crippen LogP contribution in [0.2, 0.25) is 0 Å². The van der Waals surface area contributed by atoms with Crippen LogP contribution >= 0.6 is 0 Å². The Morgan fingerprint density at radius 1 is 1.70 bits per heavy atom. The average molecular weight is 135 g/mol. The number of nitrogens with one attached hydrogen (secondary N) is 1. The van der Waals surface area contributed by atoms with E-state index in [1.807, 2.05) is 0 Å². The van der Waals surface area contributed by atoms with E-state index in [1.165, 1.54) is 0 Å². The van der Waals surface area contributed by atoms with Crippen LogP contribution in [0.15, 0.2) is 11.2 Å². The number of hydrogen-bond donors (Lipinski definition) is 1. The van der Waals surface area contributed by atoms with Crippen molar-refractivity contribution in [1.29, 1.82) is 0 Å². The van der Waals surface area contributed by atoms with Gasteiger partial charge in [0, 0.05) is 6.54 Å². The molecule has 1 aliphatic heterocycles. The Hall–Kier alpha value is -1.12. The maximum Gasteiger partial charge on any atom is 0.102 e. The largest absolute Gasteiger partial charge is 0.281 e. The molecule has 0 fully saturated rings. The highest BCUT2D eigenvalue weighted by Crippen LogP contribution is 1.96. The van der Waals surface area contributed by atoms with E-state index in [4.69, 9.17) is 0 Å². The van der Waals surface area contributed by atoms with E-state index in [0.29, 0.717) is 5.92 Å². The molecule has 1 unspecified atom stereocenters. The van der Waals surface area contributed by atoms with E-state index in [0.717, 1.165) is 17.3 Å². The van der Waals surface area contributed by atoms with E-state index in [9.17, 15) is 0 Å². The van der Waals surface area contributed by atoms with Crippen molar-refractivity contribution in [3.8, 4) is 0 Å². The van der Waals surface area contributed by atoms with Gasteiger partial charge in [-0.3, -0.25) is 10.1 Å². The summed E-state index contributed by atoms with van der Waals surface area (Å²) in [5, 5.41) is 8.84. The van der Waals surface area contributed by atoms with E-state index >= 15 is 0 Å². The summed E-state index contributed by atoms with van der Waals surface area (Å²) in [6.07, 6.45) is 3.92. The third-order valence-electron chi connectivity index (χ3n) is 1.65. The second-order valence-electron chi connectivity index (χ2n) is 2.65. The van der Waals surface area contributed by atoms with Gasteiger partial charge in [-0.2, -0.15) is 5.10 Å². The molecule has 0 aromatic carbocycles. The number of aromatic amines is 1. The number of nitrogens with zero attached hydrogens (tertiary/aromatic N) is 2. The molecule has 0 spiro atoms. The molecule has 2 heterocycles. The Labute approximate surface area is 58.5 Å². The van der Waals surface area contributed by atoms with Crippen LogP contribution in [-0.2, 0) is 0 Å². The third kappa shape index (κ3) is 0.744. The highest BCUT2D eigenvalue weighted by molar-refractivity contribution is 5.23. The van der Waals surface area contributed by atoms with Crippen LogP contribution in [0.5, 0.6) is 0 Å². The summed E-state index contributed by atoms with van der Waals surface area (Å²) in [5.41, 5.74) is 0. The molecule has 0 saturated carbocycles. The van der Waals surface area contributed by atoms with Gasteiger partial charge in [0.05, 0.1) is 11.5 Å². The lowest BCUT2D eigenvalue weighted by atomic mass is 10.1. The highest BCUT2D eigenvalue weighted by Gasteiger charge is 2.01. The standard InChI is InChI=1S/C7H9N3/c1-5-2-6-7(8-3-5)4-9-10-6/h2,4-5,10H,3H2,1H3. The van der Waals surface area contributed by atoms with Crippen molar-refractivity contribution in [3.05, 3.63) is 16.9 Å². The second kappa shape index (κ2) is 1.94. The number of hydrogen-bond acceptors (Lipinski definition) is 2. The lowest BCUT2D eigenvalue weighted by Gasteiger charge is -2.02. The molecule has 1 aliphatic rings. The van der Waals surface area contributed by atoms with E-state index in [2.05, 4.69) is 28.2 Å². The number of aromatic nitrogens is 2. The first kappa shape index (κ1) is 5.65. The lowest BCUT2D eigenvalue weighted by molar-refractivity contribution is 0.744. The Balaban J connectivity index is 2.73. The Bertz CT molecular complexity index is 336. The normalized spacial score (nSPS) is 22.7. The summed E-state index contributed by atoms with van der Waals surface area (Å²) in [7, 11) is 0. The molecule has 2 rings (SSSR count). The SMILES string of the molecule is CC1C=c2[nH]ncc2=NC1. The van der Waals surface area contributed by atoms with Gasteiger partial charge in [-0.15, -0.1) is 0 Å². The maximum absolute atomic E-state index is 4.31. The molecule has 52 valence electrons. The summed E-state index contributed by atoms with van der Waals surface area (Å²) in [4.78, 5) is 4.31. The van der Waals surface area contributed by atoms with Gasteiger partial charge in [0.15, 0.2) is 0 Å². The van der Waals surface area contributed by atoms with Crippen molar-refractivity contribution in [3.63, 3.8) is 0 Å². The van der Waals surface area contributed by atoms with Crippen LogP contribution < -0.4 is 10.7 Å². The molecular weight excluding hydrogens is 126 g/mol. The fourth-order valence-electron chi connectivity index (χ4n) is 1.12. The zero-order chi connectivity index (χ0) is 6.97. The maximum atomic E-state index is 4.31. The summed E-state index contributed by atoms with van der Waals surface area (Å²) < 4.78 is 0. The van der Waals surface area contributed by atoms with Crippen LogP contribution in [0, 0.1) is 5.92 Å². The Morgan fingerprint density at radius 2 is 2.60 bits per heavy atom. The van der Waals surface area contributed by atoms with E-state index < -0.39 is 0 Å². The van der Waals surface area contributed by atoms with Crippen molar-refractivity contribution in [2.75, 3.05) is 6.54 Å². The van der Waals surface area contributed by atoms with E-state index in [1.54, 1.807) is 6.20 Å². The predicted octanol–water partition coefficient (Wildman–Crippen LogP) is -0.540. The van der Waals surface area contributed by atoms with Crippen molar-refractivity contribution >= 4 is 6.08 Å². The molecule has 1 N–H and O–H groups in total. The molecule has 1 aromatic rings. The van der Waals surface area contributed by atoms with E-state index in [-0.39, 0.29) is 0 Å². The van der Waals surface area contributed by atoms with Gasteiger partial charge in [-0.05, 0) is 5.92 Å². The van der Waals surface area contributed by atoms with Crippen LogP contribution in [-0.4, -0.2) is 16.7 Å². The molecule has 0 aliphatic carbocycles. The van der Waals surface area contributed by atoms with Gasteiger partial charge >= 0.3 is 0 Å². The predicted molar refractivity (Wildman–Crippen MR) is 37.9 cm³/mol. The number of fused-ring (bicyclic) bond motifs is 1. The second-order valence-corrected chi connectivity index (χ2v) is 2.65. The number of rotatable bonds is 0. The van der Waals surface area contributed by atoms with Crippen LogP contribution in [0.1, 0.15) is 6.92 Å². The minimum atomic E-state index is 0.549. The summed E-state index contributed by atoms with van der Waals surface area (Å²) in [6, 6.07) is 0. The van der Waals surface area contributed by atoms with Crippen LogP contribution in [0.25, 0.3) is 6.08 Å². The van der Waals surface area contributed by atoms with Gasteiger partial charge in [-0.25, -0.2) is 0 Å². The summed E-state index contributed by atoms with van der Waals surface area (Å²) in [5.74, 6) is 0.549. The monoisotopic (exact) mass is 135 g/mol. The average Bonchev–Trinajstić information content (AvgIpc) is 2.33. The lowest BCUT2D eigenvalue weighted by Crippen LogP contribution is -2.28. The molecule has 1 aromatic heterocycles. The summed E-state index contributed by atoms with van der Waals surface area (Å²) in [6.45, 7) is 3.04. The molecule has 3 nitrogen and oxygen atoms in total. The first-order valence-corrected chi connectivity index (χ1v) is 3.42. The fourth-order valence-corrected chi connectivity index (χ4v) is 1.12. The minimum Gasteiger partial charge on any atom is -0.281 e. The van der Waals surface area contributed by atoms with Crippen molar-refractivity contribution in [1.82, 2.24) is 10.2 Å².